The summed E-state index contributed by atoms with van der Waals surface area (Å²) in [4.78, 5) is 25.5. The minimum absolute atomic E-state index is 0.00729. The van der Waals surface area contributed by atoms with Crippen molar-refractivity contribution in [3.05, 3.63) is 0 Å². The second kappa shape index (κ2) is 5.81. The summed E-state index contributed by atoms with van der Waals surface area (Å²) in [6.07, 6.45) is -0.312. The predicted octanol–water partition coefficient (Wildman–Crippen LogP) is -0.750. The Hall–Kier alpha value is -1.14. The molecule has 1 rings (SSSR count). The van der Waals surface area contributed by atoms with Gasteiger partial charge in [-0.25, -0.2) is 0 Å². The molecule has 0 aromatic heterocycles. The lowest BCUT2D eigenvalue weighted by Gasteiger charge is -2.32. The summed E-state index contributed by atoms with van der Waals surface area (Å²) >= 11 is 0. The fourth-order valence-electron chi connectivity index (χ4n) is 1.58. The number of carboxylic acid groups (broad SMARTS) is 1. The van der Waals surface area contributed by atoms with Crippen LogP contribution in [0.3, 0.4) is 0 Å². The molecule has 1 atom stereocenters. The Kier molecular flexibility index (Phi) is 4.70. The number of rotatable bonds is 4. The number of aliphatic carboxylic acids is 1. The summed E-state index contributed by atoms with van der Waals surface area (Å²) in [5, 5.41) is 8.65. The molecule has 1 amide bonds. The molecule has 0 aromatic rings. The van der Waals surface area contributed by atoms with Crippen LogP contribution in [0, 0.1) is 0 Å². The van der Waals surface area contributed by atoms with E-state index in [0.717, 1.165) is 0 Å². The first-order valence-corrected chi connectivity index (χ1v) is 5.25. The molecule has 1 N–H and O–H groups in total. The van der Waals surface area contributed by atoms with Gasteiger partial charge in [0, 0.05) is 27.2 Å². The number of amides is 1. The lowest BCUT2D eigenvalue weighted by Crippen LogP contribution is -2.47. The highest BCUT2D eigenvalue weighted by Gasteiger charge is 2.24. The predicted molar refractivity (Wildman–Crippen MR) is 57.1 cm³/mol. The number of nitrogens with zero attached hydrogens (tertiary/aromatic N) is 2. The Bertz CT molecular complexity index is 268. The van der Waals surface area contributed by atoms with Crippen LogP contribution in [0.25, 0.3) is 0 Å². The van der Waals surface area contributed by atoms with Crippen molar-refractivity contribution in [2.24, 2.45) is 0 Å². The fraction of sp³-hybridized carbons (Fsp3) is 0.800. The highest BCUT2D eigenvalue weighted by Crippen LogP contribution is 2.08. The molecule has 1 aliphatic heterocycles. The Morgan fingerprint density at radius 1 is 1.50 bits per heavy atom. The van der Waals surface area contributed by atoms with Crippen LogP contribution in [-0.2, 0) is 14.3 Å². The van der Waals surface area contributed by atoms with Crippen molar-refractivity contribution in [3.63, 3.8) is 0 Å². The van der Waals surface area contributed by atoms with Gasteiger partial charge in [-0.15, -0.1) is 0 Å². The smallest absolute Gasteiger partial charge is 0.306 e. The molecule has 16 heavy (non-hydrogen) atoms. The van der Waals surface area contributed by atoms with E-state index < -0.39 is 5.97 Å². The molecular formula is C10H18N2O4. The average Bonchev–Trinajstić information content (AvgIpc) is 2.16. The van der Waals surface area contributed by atoms with E-state index in [0.29, 0.717) is 26.2 Å². The zero-order chi connectivity index (χ0) is 12.1. The number of ether oxygens (including phenoxy) is 1. The first kappa shape index (κ1) is 12.9. The van der Waals surface area contributed by atoms with Gasteiger partial charge in [0.1, 0.15) is 0 Å². The average molecular weight is 230 g/mol. The van der Waals surface area contributed by atoms with E-state index in [1.807, 2.05) is 4.90 Å². The first-order chi connectivity index (χ1) is 7.49. The molecule has 0 radical (unpaired) electrons. The molecule has 0 aromatic carbocycles. The van der Waals surface area contributed by atoms with Crippen LogP contribution in [0.2, 0.25) is 0 Å². The zero-order valence-electron chi connectivity index (χ0n) is 9.68. The number of carbonyl (C=O) groups is 2. The molecule has 0 saturated carbocycles. The van der Waals surface area contributed by atoms with Gasteiger partial charge in [0.2, 0.25) is 5.91 Å². The maximum atomic E-state index is 11.5. The van der Waals surface area contributed by atoms with Gasteiger partial charge in [-0.2, -0.15) is 0 Å². The third-order valence-corrected chi connectivity index (χ3v) is 2.48. The maximum Gasteiger partial charge on any atom is 0.306 e. The van der Waals surface area contributed by atoms with E-state index in [2.05, 4.69) is 0 Å². The van der Waals surface area contributed by atoms with Gasteiger partial charge in [-0.1, -0.05) is 0 Å². The lowest BCUT2D eigenvalue weighted by atomic mass is 10.2. The van der Waals surface area contributed by atoms with E-state index in [9.17, 15) is 9.59 Å². The van der Waals surface area contributed by atoms with Crippen molar-refractivity contribution < 1.29 is 19.4 Å². The van der Waals surface area contributed by atoms with E-state index in [1.54, 1.807) is 14.1 Å². The van der Waals surface area contributed by atoms with Crippen LogP contribution in [0.5, 0.6) is 0 Å². The lowest BCUT2D eigenvalue weighted by molar-refractivity contribution is -0.142. The van der Waals surface area contributed by atoms with Crippen molar-refractivity contribution in [3.8, 4) is 0 Å². The highest BCUT2D eigenvalue weighted by molar-refractivity contribution is 5.77. The molecule has 1 fully saturated rings. The van der Waals surface area contributed by atoms with Crippen LogP contribution in [0.4, 0.5) is 0 Å². The molecule has 92 valence electrons. The van der Waals surface area contributed by atoms with Gasteiger partial charge in [-0.3, -0.25) is 14.5 Å². The molecule has 1 heterocycles. The molecular weight excluding hydrogens is 212 g/mol. The van der Waals surface area contributed by atoms with Gasteiger partial charge in [0.15, 0.2) is 0 Å². The van der Waals surface area contributed by atoms with Crippen molar-refractivity contribution in [2.75, 3.05) is 40.3 Å². The van der Waals surface area contributed by atoms with E-state index >= 15 is 0 Å². The largest absolute Gasteiger partial charge is 0.481 e. The number of likely N-dealkylation sites (N-methyl/N-ethyl adjacent to an activating group) is 1. The highest BCUT2D eigenvalue weighted by atomic mass is 16.5. The van der Waals surface area contributed by atoms with Crippen molar-refractivity contribution in [1.82, 2.24) is 9.80 Å². The normalized spacial score (nSPS) is 21.8. The van der Waals surface area contributed by atoms with E-state index in [4.69, 9.17) is 9.84 Å². The van der Waals surface area contributed by atoms with Gasteiger partial charge >= 0.3 is 5.97 Å². The molecule has 1 unspecified atom stereocenters. The van der Waals surface area contributed by atoms with Gasteiger partial charge in [0.05, 0.1) is 25.7 Å². The molecule has 1 aliphatic rings. The molecule has 0 spiro atoms. The van der Waals surface area contributed by atoms with E-state index in [1.165, 1.54) is 4.90 Å². The quantitative estimate of drug-likeness (QED) is 0.688. The second-order valence-electron chi connectivity index (χ2n) is 4.11. The number of morpholine rings is 1. The number of hydrogen-bond donors (Lipinski definition) is 1. The van der Waals surface area contributed by atoms with Crippen LogP contribution in [-0.4, -0.2) is 73.2 Å². The molecule has 0 aliphatic carbocycles. The van der Waals surface area contributed by atoms with Crippen molar-refractivity contribution >= 4 is 11.9 Å². The Morgan fingerprint density at radius 2 is 2.19 bits per heavy atom. The van der Waals surface area contributed by atoms with Crippen molar-refractivity contribution in [1.29, 1.82) is 0 Å². The summed E-state index contributed by atoms with van der Waals surface area (Å²) in [5.41, 5.74) is 0. The van der Waals surface area contributed by atoms with Crippen LogP contribution in [0.1, 0.15) is 6.42 Å². The fourth-order valence-corrected chi connectivity index (χ4v) is 1.58. The van der Waals surface area contributed by atoms with Gasteiger partial charge in [0.25, 0.3) is 0 Å². The topological polar surface area (TPSA) is 70.1 Å². The van der Waals surface area contributed by atoms with Crippen molar-refractivity contribution in [2.45, 2.75) is 12.5 Å². The first-order valence-electron chi connectivity index (χ1n) is 5.25. The van der Waals surface area contributed by atoms with Crippen LogP contribution in [0.15, 0.2) is 0 Å². The summed E-state index contributed by atoms with van der Waals surface area (Å²) in [7, 11) is 3.41. The standard InChI is InChI=1S/C10H18N2O4/c1-11(2)9(13)7-12-3-4-16-8(6-12)5-10(14)15/h8H,3-7H2,1-2H3,(H,14,15). The third kappa shape index (κ3) is 4.16. The maximum absolute atomic E-state index is 11.5. The van der Waals surface area contributed by atoms with Gasteiger partial charge in [-0.05, 0) is 0 Å². The number of carboxylic acids is 1. The molecule has 6 heteroatoms. The van der Waals surface area contributed by atoms with Crippen LogP contribution >= 0.6 is 0 Å². The van der Waals surface area contributed by atoms with Gasteiger partial charge < -0.3 is 14.7 Å². The molecule has 0 bridgehead atoms. The molecule has 1 saturated heterocycles. The Morgan fingerprint density at radius 3 is 2.75 bits per heavy atom. The summed E-state index contributed by atoms with van der Waals surface area (Å²) in [6.45, 7) is 1.99. The van der Waals surface area contributed by atoms with E-state index in [-0.39, 0.29) is 18.4 Å². The summed E-state index contributed by atoms with van der Waals surface area (Å²) in [6, 6.07) is 0. The monoisotopic (exact) mass is 230 g/mol. The molecule has 6 nitrogen and oxygen atoms in total. The number of carbonyl (C=O) groups excluding carboxylic acids is 1. The van der Waals surface area contributed by atoms with Crippen LogP contribution < -0.4 is 0 Å². The summed E-state index contributed by atoms with van der Waals surface area (Å²) in [5.74, 6) is -0.846. The third-order valence-electron chi connectivity index (χ3n) is 2.48. The Labute approximate surface area is 94.8 Å². The zero-order valence-corrected chi connectivity index (χ0v) is 9.68. The minimum atomic E-state index is -0.870. The summed E-state index contributed by atoms with van der Waals surface area (Å²) < 4.78 is 5.31. The number of hydrogen-bond acceptors (Lipinski definition) is 4. The Balaban J connectivity index is 2.38. The SMILES string of the molecule is CN(C)C(=O)CN1CCOC(CC(=O)O)C1. The second-order valence-corrected chi connectivity index (χ2v) is 4.11. The minimum Gasteiger partial charge on any atom is -0.481 e.